The van der Waals surface area contributed by atoms with E-state index in [1.54, 1.807) is 0 Å². The topological polar surface area (TPSA) is 53.2 Å². The highest BCUT2D eigenvalue weighted by Crippen LogP contribution is 2.55. The molecule has 1 atom stereocenters. The lowest BCUT2D eigenvalue weighted by Gasteiger charge is -2.24. The molecule has 14 aromatic rings. The van der Waals surface area contributed by atoms with E-state index in [0.29, 0.717) is 0 Å². The maximum absolute atomic E-state index is 17.1. The molecule has 5 nitrogen and oxygen atoms in total. The van der Waals surface area contributed by atoms with Gasteiger partial charge in [0.05, 0.1) is 32.8 Å². The van der Waals surface area contributed by atoms with Crippen molar-refractivity contribution in [3.05, 3.63) is 200 Å². The molecule has 0 saturated heterocycles. The molecule has 0 aliphatic carbocycles. The zero-order valence-corrected chi connectivity index (χ0v) is 34.0. The predicted molar refractivity (Wildman–Crippen MR) is 259 cm³/mol. The second kappa shape index (κ2) is 12.4. The summed E-state index contributed by atoms with van der Waals surface area (Å²) in [5, 5.41) is 14.4. The molecule has 14 rings (SSSR count). The summed E-state index contributed by atoms with van der Waals surface area (Å²) in [7, 11) is -3.69. The van der Waals surface area contributed by atoms with Crippen molar-refractivity contribution < 1.29 is 13.4 Å². The van der Waals surface area contributed by atoms with Gasteiger partial charge in [-0.15, -0.1) is 0 Å². The number of nitrogens with zero attached hydrogens (tertiary/aromatic N) is 2. The van der Waals surface area contributed by atoms with Crippen LogP contribution < -0.4 is 10.6 Å². The molecule has 0 aliphatic rings. The standard InChI is InChI=1S/C56H33N2O3P/c59-62(35-16-2-1-3-17-35,58-46-27-13-9-23-42(46)50-38-19-5-7-21-40(38)56-52(54(50)58)44-25-11-15-29-48(44)61-56)36-32-30-34(31-33-36)57-45-26-12-8-22-41(45)49-37-18-4-6-20-39(37)55-51(53(49)57)43-24-10-14-28-47(43)60-55/h1-33H. The fraction of sp³-hybridized carbons (Fsp3) is 0. The van der Waals surface area contributed by atoms with E-state index in [9.17, 15) is 0 Å². The van der Waals surface area contributed by atoms with E-state index < -0.39 is 7.29 Å². The Kier molecular flexibility index (Phi) is 6.76. The molecule has 0 spiro atoms. The Morgan fingerprint density at radius 3 is 1.35 bits per heavy atom. The lowest BCUT2D eigenvalue weighted by atomic mass is 9.99. The van der Waals surface area contributed by atoms with Crippen molar-refractivity contribution in [1.82, 2.24) is 8.90 Å². The molecule has 4 heterocycles. The number of hydrogen-bond donors (Lipinski definition) is 0. The minimum Gasteiger partial charge on any atom is -0.455 e. The van der Waals surface area contributed by atoms with E-state index >= 15 is 4.57 Å². The second-order valence-electron chi connectivity index (χ2n) is 16.3. The third kappa shape index (κ3) is 4.30. The first-order valence-corrected chi connectivity index (χ1v) is 22.6. The minimum absolute atomic E-state index is 0.731. The van der Waals surface area contributed by atoms with Gasteiger partial charge in [0.2, 0.25) is 7.29 Å². The van der Waals surface area contributed by atoms with Crippen LogP contribution in [0.25, 0.3) is 115 Å². The highest BCUT2D eigenvalue weighted by atomic mass is 31.2. The van der Waals surface area contributed by atoms with Crippen LogP contribution in [0.1, 0.15) is 0 Å². The normalized spacial score (nSPS) is 13.4. The average molecular weight is 813 g/mol. The van der Waals surface area contributed by atoms with Crippen LogP contribution >= 0.6 is 7.29 Å². The van der Waals surface area contributed by atoms with Gasteiger partial charge in [-0.3, -0.25) is 8.90 Å². The largest absolute Gasteiger partial charge is 0.455 e. The molecule has 10 aromatic carbocycles. The van der Waals surface area contributed by atoms with Gasteiger partial charge in [0.15, 0.2) is 0 Å². The Morgan fingerprint density at radius 2 is 0.758 bits per heavy atom. The Hall–Kier alpha value is -7.85. The number of furan rings is 2. The molecule has 62 heavy (non-hydrogen) atoms. The van der Waals surface area contributed by atoms with Crippen molar-refractivity contribution >= 4 is 127 Å². The van der Waals surface area contributed by atoms with Gasteiger partial charge in [-0.2, -0.15) is 0 Å². The quantitative estimate of drug-likeness (QED) is 0.166. The van der Waals surface area contributed by atoms with Gasteiger partial charge in [0.25, 0.3) is 0 Å². The van der Waals surface area contributed by atoms with Gasteiger partial charge >= 0.3 is 0 Å². The van der Waals surface area contributed by atoms with Gasteiger partial charge in [-0.1, -0.05) is 140 Å². The highest BCUT2D eigenvalue weighted by molar-refractivity contribution is 7.77. The number of aromatic nitrogens is 2. The first kappa shape index (κ1) is 33.9. The number of fused-ring (bicyclic) bond motifs is 20. The van der Waals surface area contributed by atoms with E-state index in [2.05, 4.69) is 161 Å². The number of hydrogen-bond acceptors (Lipinski definition) is 3. The van der Waals surface area contributed by atoms with E-state index in [1.165, 1.54) is 10.8 Å². The number of rotatable bonds is 4. The highest BCUT2D eigenvalue weighted by Gasteiger charge is 2.35. The van der Waals surface area contributed by atoms with E-state index in [0.717, 1.165) is 115 Å². The van der Waals surface area contributed by atoms with Crippen molar-refractivity contribution in [3.63, 3.8) is 0 Å². The van der Waals surface area contributed by atoms with Gasteiger partial charge in [-0.05, 0) is 71.4 Å². The molecule has 0 aliphatic heterocycles. The average Bonchev–Trinajstić information content (AvgIpc) is 4.10. The number of para-hydroxylation sites is 4. The molecule has 0 saturated carbocycles. The molecule has 0 bridgehead atoms. The molecule has 6 heteroatoms. The summed E-state index contributed by atoms with van der Waals surface area (Å²) in [5.74, 6) is 0. The molecular formula is C56H33N2O3P. The van der Waals surface area contributed by atoms with Crippen molar-refractivity contribution in [2.75, 3.05) is 0 Å². The fourth-order valence-corrected chi connectivity index (χ4v) is 13.4. The summed E-state index contributed by atoms with van der Waals surface area (Å²) in [4.78, 5) is 0. The van der Waals surface area contributed by atoms with Gasteiger partial charge in [-0.25, -0.2) is 0 Å². The van der Waals surface area contributed by atoms with Crippen LogP contribution in [0.5, 0.6) is 0 Å². The van der Waals surface area contributed by atoms with Crippen LogP contribution in [0.15, 0.2) is 209 Å². The van der Waals surface area contributed by atoms with Crippen LogP contribution in [0.3, 0.4) is 0 Å². The van der Waals surface area contributed by atoms with Crippen LogP contribution in [0, 0.1) is 0 Å². The maximum Gasteiger partial charge on any atom is 0.234 e. The van der Waals surface area contributed by atoms with Crippen LogP contribution in [-0.4, -0.2) is 8.90 Å². The summed E-state index contributed by atoms with van der Waals surface area (Å²) in [6.07, 6.45) is 0. The van der Waals surface area contributed by atoms with Crippen molar-refractivity contribution in [1.29, 1.82) is 0 Å². The molecule has 0 amide bonds. The SMILES string of the molecule is O=P(c1ccccc1)(c1ccc(-n2c3ccccc3c3c4ccccc4c4oc5ccccc5c4c32)cc1)n1c2ccccc2c2c3ccccc3c3oc4ccccc4c3c21. The minimum atomic E-state index is -3.69. The molecule has 1 unspecified atom stereocenters. The molecular weight excluding hydrogens is 780 g/mol. The van der Waals surface area contributed by atoms with Crippen LogP contribution in [0.4, 0.5) is 0 Å². The zero-order chi connectivity index (χ0) is 40.7. The monoisotopic (exact) mass is 812 g/mol. The molecule has 290 valence electrons. The summed E-state index contributed by atoms with van der Waals surface area (Å²) < 4.78 is 35.1. The van der Waals surface area contributed by atoms with Gasteiger partial charge in [0, 0.05) is 59.4 Å². The second-order valence-corrected chi connectivity index (χ2v) is 18.8. The summed E-state index contributed by atoms with van der Waals surface area (Å²) >= 11 is 0. The Labute approximate surface area is 353 Å². The lowest BCUT2D eigenvalue weighted by Crippen LogP contribution is -2.21. The molecule has 0 radical (unpaired) electrons. The molecule has 0 N–H and O–H groups in total. The number of benzene rings is 10. The summed E-state index contributed by atoms with van der Waals surface area (Å²) in [6, 6.07) is 69.1. The van der Waals surface area contributed by atoms with Gasteiger partial charge < -0.3 is 13.4 Å². The third-order valence-electron chi connectivity index (χ3n) is 13.1. The summed E-state index contributed by atoms with van der Waals surface area (Å²) in [5.41, 5.74) is 8.29. The summed E-state index contributed by atoms with van der Waals surface area (Å²) in [6.45, 7) is 0. The van der Waals surface area contributed by atoms with Gasteiger partial charge in [0.1, 0.15) is 22.3 Å². The zero-order valence-electron chi connectivity index (χ0n) is 33.1. The Balaban J connectivity index is 1.11. The molecule has 4 aromatic heterocycles. The molecule has 0 fully saturated rings. The lowest BCUT2D eigenvalue weighted by molar-refractivity contribution is 0.583. The Bertz CT molecular complexity index is 4250. The maximum atomic E-state index is 17.1. The van der Waals surface area contributed by atoms with E-state index in [-0.39, 0.29) is 0 Å². The van der Waals surface area contributed by atoms with Crippen molar-refractivity contribution in [3.8, 4) is 5.69 Å². The van der Waals surface area contributed by atoms with Crippen LogP contribution in [0.2, 0.25) is 0 Å². The third-order valence-corrected chi connectivity index (χ3v) is 16.1. The van der Waals surface area contributed by atoms with Crippen molar-refractivity contribution in [2.24, 2.45) is 0 Å². The predicted octanol–water partition coefficient (Wildman–Crippen LogP) is 14.8. The first-order chi connectivity index (χ1) is 30.7. The Morgan fingerprint density at radius 1 is 0.339 bits per heavy atom. The van der Waals surface area contributed by atoms with Crippen molar-refractivity contribution in [2.45, 2.75) is 0 Å². The van der Waals surface area contributed by atoms with E-state index in [4.69, 9.17) is 8.83 Å². The fourth-order valence-electron chi connectivity index (χ4n) is 10.6. The van der Waals surface area contributed by atoms with Crippen LogP contribution in [-0.2, 0) is 4.57 Å². The first-order valence-electron chi connectivity index (χ1n) is 21.0. The smallest absolute Gasteiger partial charge is 0.234 e. The van der Waals surface area contributed by atoms with E-state index in [1.807, 2.05) is 48.5 Å².